The Morgan fingerprint density at radius 1 is 1.12 bits per heavy atom. The molecule has 0 aliphatic heterocycles. The van der Waals surface area contributed by atoms with Crippen LogP contribution in [0.5, 0.6) is 0 Å². The molecular formula is C13H13NO3. The smallest absolute Gasteiger partial charge is 0.138 e. The van der Waals surface area contributed by atoms with Crippen LogP contribution in [0.4, 0.5) is 0 Å². The summed E-state index contributed by atoms with van der Waals surface area (Å²) in [4.78, 5) is 4.65. The number of aryl methyl sites for hydroxylation is 1. The molecule has 0 fully saturated rings. The van der Waals surface area contributed by atoms with Gasteiger partial charge in [-0.25, -0.2) is 5.90 Å². The molecule has 0 spiro atoms. The summed E-state index contributed by atoms with van der Waals surface area (Å²) in [6.07, 6.45) is 4.10. The molecule has 0 unspecified atom stereocenters. The number of rotatable bonds is 3. The van der Waals surface area contributed by atoms with E-state index in [1.807, 2.05) is 19.1 Å². The third-order valence-electron chi connectivity index (χ3n) is 3.14. The van der Waals surface area contributed by atoms with Crippen LogP contribution < -0.4 is 5.90 Å². The molecule has 4 heteroatoms. The highest BCUT2D eigenvalue weighted by Gasteiger charge is 2.15. The van der Waals surface area contributed by atoms with Crippen LogP contribution in [-0.4, -0.2) is 6.61 Å². The quantitative estimate of drug-likeness (QED) is 0.704. The van der Waals surface area contributed by atoms with Gasteiger partial charge in [0.25, 0.3) is 0 Å². The second kappa shape index (κ2) is 3.91. The summed E-state index contributed by atoms with van der Waals surface area (Å²) in [5.41, 5.74) is 4.00. The van der Waals surface area contributed by atoms with Crippen LogP contribution >= 0.6 is 0 Å². The lowest BCUT2D eigenvalue weighted by Crippen LogP contribution is -2.04. The molecule has 0 bridgehead atoms. The molecule has 88 valence electrons. The van der Waals surface area contributed by atoms with Gasteiger partial charge in [0, 0.05) is 28.3 Å². The van der Waals surface area contributed by atoms with Gasteiger partial charge in [-0.3, -0.25) is 0 Å². The lowest BCUT2D eigenvalue weighted by molar-refractivity contribution is 0.141. The molecule has 0 radical (unpaired) electrons. The van der Waals surface area contributed by atoms with E-state index in [0.29, 0.717) is 13.0 Å². The Labute approximate surface area is 97.9 Å². The van der Waals surface area contributed by atoms with E-state index in [4.69, 9.17) is 14.7 Å². The second-order valence-electron chi connectivity index (χ2n) is 4.05. The number of fused-ring (bicyclic) bond motifs is 2. The summed E-state index contributed by atoms with van der Waals surface area (Å²) >= 11 is 0. The Kier molecular flexibility index (Phi) is 2.39. The molecule has 0 saturated heterocycles. The summed E-state index contributed by atoms with van der Waals surface area (Å²) in [5.74, 6) is 5.09. The van der Waals surface area contributed by atoms with E-state index in [2.05, 4.69) is 4.84 Å². The summed E-state index contributed by atoms with van der Waals surface area (Å²) in [6.45, 7) is 2.49. The zero-order valence-electron chi connectivity index (χ0n) is 9.53. The third-order valence-corrected chi connectivity index (χ3v) is 3.14. The van der Waals surface area contributed by atoms with E-state index in [-0.39, 0.29) is 0 Å². The Bertz CT molecular complexity index is 614. The predicted molar refractivity (Wildman–Crippen MR) is 64.6 cm³/mol. The molecule has 0 aliphatic rings. The van der Waals surface area contributed by atoms with Crippen molar-refractivity contribution in [2.45, 2.75) is 13.3 Å². The molecule has 3 aromatic rings. The normalized spacial score (nSPS) is 11.6. The van der Waals surface area contributed by atoms with E-state index in [9.17, 15) is 0 Å². The van der Waals surface area contributed by atoms with Crippen molar-refractivity contribution in [1.82, 2.24) is 0 Å². The fourth-order valence-corrected chi connectivity index (χ4v) is 2.33. The number of hydrogen-bond donors (Lipinski definition) is 1. The van der Waals surface area contributed by atoms with E-state index >= 15 is 0 Å². The molecule has 0 aliphatic carbocycles. The summed E-state index contributed by atoms with van der Waals surface area (Å²) in [6, 6.07) is 3.91. The van der Waals surface area contributed by atoms with Gasteiger partial charge in [-0.1, -0.05) is 0 Å². The summed E-state index contributed by atoms with van der Waals surface area (Å²) in [7, 11) is 0. The Balaban J connectivity index is 2.35. The molecule has 1 aromatic carbocycles. The summed E-state index contributed by atoms with van der Waals surface area (Å²) in [5, 5.41) is 2.15. The lowest BCUT2D eigenvalue weighted by Gasteiger charge is -2.06. The minimum Gasteiger partial charge on any atom is -0.464 e. The number of furan rings is 2. The van der Waals surface area contributed by atoms with Crippen LogP contribution in [0.3, 0.4) is 0 Å². The van der Waals surface area contributed by atoms with Crippen molar-refractivity contribution >= 4 is 21.9 Å². The van der Waals surface area contributed by atoms with Crippen molar-refractivity contribution in [3.63, 3.8) is 0 Å². The van der Waals surface area contributed by atoms with Crippen LogP contribution in [-0.2, 0) is 11.3 Å². The van der Waals surface area contributed by atoms with Gasteiger partial charge in [0.2, 0.25) is 0 Å². The number of hydrogen-bond acceptors (Lipinski definition) is 4. The van der Waals surface area contributed by atoms with E-state index in [1.165, 1.54) is 0 Å². The maximum atomic E-state index is 5.57. The first-order valence-electron chi connectivity index (χ1n) is 5.50. The SMILES string of the molecule is Cc1c2ccoc2c(CCON)c2ccoc12. The van der Waals surface area contributed by atoms with Crippen molar-refractivity contribution in [3.8, 4) is 0 Å². The van der Waals surface area contributed by atoms with Crippen LogP contribution in [0.15, 0.2) is 33.5 Å². The highest BCUT2D eigenvalue weighted by Crippen LogP contribution is 2.34. The third kappa shape index (κ3) is 1.45. The van der Waals surface area contributed by atoms with Crippen molar-refractivity contribution in [2.24, 2.45) is 5.90 Å². The van der Waals surface area contributed by atoms with Gasteiger partial charge in [-0.2, -0.15) is 0 Å². The molecule has 17 heavy (non-hydrogen) atoms. The van der Waals surface area contributed by atoms with Gasteiger partial charge >= 0.3 is 0 Å². The fourth-order valence-electron chi connectivity index (χ4n) is 2.33. The summed E-state index contributed by atoms with van der Waals surface area (Å²) < 4.78 is 11.1. The Hall–Kier alpha value is -1.78. The first-order chi connectivity index (χ1) is 8.33. The van der Waals surface area contributed by atoms with Crippen LogP contribution in [0.25, 0.3) is 21.9 Å². The second-order valence-corrected chi connectivity index (χ2v) is 4.05. The van der Waals surface area contributed by atoms with Crippen LogP contribution in [0, 0.1) is 6.92 Å². The van der Waals surface area contributed by atoms with E-state index in [0.717, 1.165) is 33.1 Å². The van der Waals surface area contributed by atoms with E-state index in [1.54, 1.807) is 12.5 Å². The molecule has 4 nitrogen and oxygen atoms in total. The minimum atomic E-state index is 0.457. The van der Waals surface area contributed by atoms with Gasteiger partial charge in [0.1, 0.15) is 11.2 Å². The van der Waals surface area contributed by atoms with E-state index < -0.39 is 0 Å². The Morgan fingerprint density at radius 2 is 1.82 bits per heavy atom. The molecule has 2 N–H and O–H groups in total. The van der Waals surface area contributed by atoms with Crippen molar-refractivity contribution in [3.05, 3.63) is 35.8 Å². The van der Waals surface area contributed by atoms with Crippen LogP contribution in [0.2, 0.25) is 0 Å². The molecule has 2 heterocycles. The molecular weight excluding hydrogens is 218 g/mol. The van der Waals surface area contributed by atoms with Gasteiger partial charge in [0.05, 0.1) is 19.1 Å². The number of nitrogens with two attached hydrogens (primary N) is 1. The van der Waals surface area contributed by atoms with Gasteiger partial charge < -0.3 is 13.7 Å². The van der Waals surface area contributed by atoms with Crippen molar-refractivity contribution in [2.75, 3.05) is 6.61 Å². The van der Waals surface area contributed by atoms with Crippen LogP contribution in [0.1, 0.15) is 11.1 Å². The average Bonchev–Trinajstić information content (AvgIpc) is 2.97. The maximum Gasteiger partial charge on any atom is 0.138 e. The minimum absolute atomic E-state index is 0.457. The van der Waals surface area contributed by atoms with Crippen molar-refractivity contribution in [1.29, 1.82) is 0 Å². The largest absolute Gasteiger partial charge is 0.464 e. The average molecular weight is 231 g/mol. The standard InChI is InChI=1S/C13H13NO3/c1-8-9-2-5-16-13(9)11(4-7-17-14)10-3-6-15-12(8)10/h2-3,5-6H,4,7,14H2,1H3. The Morgan fingerprint density at radius 3 is 2.59 bits per heavy atom. The maximum absolute atomic E-state index is 5.57. The molecule has 0 saturated carbocycles. The first-order valence-corrected chi connectivity index (χ1v) is 5.50. The molecule has 3 rings (SSSR count). The highest BCUT2D eigenvalue weighted by molar-refractivity contribution is 6.01. The van der Waals surface area contributed by atoms with Gasteiger partial charge in [-0.15, -0.1) is 0 Å². The topological polar surface area (TPSA) is 61.5 Å². The zero-order valence-corrected chi connectivity index (χ0v) is 9.53. The van der Waals surface area contributed by atoms with Crippen molar-refractivity contribution < 1.29 is 13.7 Å². The number of benzene rings is 1. The molecule has 0 atom stereocenters. The van der Waals surface area contributed by atoms with Gasteiger partial charge in [-0.05, 0) is 19.1 Å². The first kappa shape index (κ1) is 10.4. The highest BCUT2D eigenvalue weighted by atomic mass is 16.6. The molecule has 0 amide bonds. The zero-order chi connectivity index (χ0) is 11.8. The predicted octanol–water partition coefficient (Wildman–Crippen LogP) is 2.92. The van der Waals surface area contributed by atoms with Gasteiger partial charge in [0.15, 0.2) is 0 Å². The molecule has 2 aromatic heterocycles. The fraction of sp³-hybridized carbons (Fsp3) is 0.231. The lowest BCUT2D eigenvalue weighted by atomic mass is 10.0. The monoisotopic (exact) mass is 231 g/mol.